The highest BCUT2D eigenvalue weighted by molar-refractivity contribution is 5.89. The molecule has 2 aliphatic rings. The number of carbonyl (C=O) groups is 1. The molecule has 8 nitrogen and oxygen atoms in total. The maximum atomic E-state index is 12.8. The summed E-state index contributed by atoms with van der Waals surface area (Å²) in [6, 6.07) is 12.0. The molecule has 2 aromatic heterocycles. The minimum Gasteiger partial charge on any atom is -0.309 e. The summed E-state index contributed by atoms with van der Waals surface area (Å²) in [5.74, 6) is 1.13. The number of carbonyl (C=O) groups excluding carboxylic acids is 1. The predicted octanol–water partition coefficient (Wildman–Crippen LogP) is 3.73. The number of hydrogen-bond acceptors (Lipinski definition) is 5. The third-order valence-corrected chi connectivity index (χ3v) is 6.31. The van der Waals surface area contributed by atoms with Crippen molar-refractivity contribution in [3.05, 3.63) is 42.1 Å². The van der Waals surface area contributed by atoms with Gasteiger partial charge in [-0.05, 0) is 30.9 Å². The van der Waals surface area contributed by atoms with Crippen LogP contribution in [-0.2, 0) is 16.8 Å². The zero-order chi connectivity index (χ0) is 20.6. The molecule has 3 aromatic rings. The van der Waals surface area contributed by atoms with Crippen LogP contribution in [-0.4, -0.2) is 35.9 Å². The van der Waals surface area contributed by atoms with Gasteiger partial charge in [0, 0.05) is 17.0 Å². The van der Waals surface area contributed by atoms with Gasteiger partial charge in [-0.2, -0.15) is 9.90 Å². The third kappa shape index (κ3) is 3.86. The Kier molecular flexibility index (Phi) is 4.84. The maximum absolute atomic E-state index is 12.8. The van der Waals surface area contributed by atoms with Gasteiger partial charge in [-0.25, -0.2) is 4.68 Å². The zero-order valence-corrected chi connectivity index (χ0v) is 17.3. The Bertz CT molecular complexity index is 1030. The molecule has 0 bridgehead atoms. The highest BCUT2D eigenvalue weighted by Crippen LogP contribution is 2.48. The van der Waals surface area contributed by atoms with Crippen molar-refractivity contribution in [1.29, 1.82) is 0 Å². The van der Waals surface area contributed by atoms with E-state index in [0.717, 1.165) is 42.8 Å². The summed E-state index contributed by atoms with van der Waals surface area (Å²) < 4.78 is 2.06. The third-order valence-electron chi connectivity index (χ3n) is 6.31. The molecule has 0 aliphatic heterocycles. The molecule has 2 aliphatic carbocycles. The minimum absolute atomic E-state index is 0.0162. The molecule has 2 heterocycles. The quantitative estimate of drug-likeness (QED) is 0.675. The number of aromatic nitrogens is 6. The van der Waals surface area contributed by atoms with E-state index < -0.39 is 0 Å². The van der Waals surface area contributed by atoms with Gasteiger partial charge in [0.2, 0.25) is 11.7 Å². The molecule has 156 valence electrons. The van der Waals surface area contributed by atoms with E-state index in [0.29, 0.717) is 11.9 Å². The first-order valence-corrected chi connectivity index (χ1v) is 10.8. The minimum atomic E-state index is -0.170. The number of nitrogens with one attached hydrogen (secondary N) is 1. The van der Waals surface area contributed by atoms with Crippen molar-refractivity contribution < 1.29 is 4.79 Å². The molecule has 0 atom stereocenters. The van der Waals surface area contributed by atoms with Crippen molar-refractivity contribution in [2.75, 3.05) is 5.32 Å². The van der Waals surface area contributed by atoms with Gasteiger partial charge in [-0.1, -0.05) is 56.5 Å². The maximum Gasteiger partial charge on any atom is 0.249 e. The fourth-order valence-electron chi connectivity index (χ4n) is 4.15. The molecule has 8 heteroatoms. The molecular formula is C22H27N7O. The summed E-state index contributed by atoms with van der Waals surface area (Å²) in [6.45, 7) is 2.26. The van der Waals surface area contributed by atoms with Crippen LogP contribution < -0.4 is 5.32 Å². The topological polar surface area (TPSA) is 90.5 Å². The van der Waals surface area contributed by atoms with Crippen LogP contribution in [0.2, 0.25) is 0 Å². The van der Waals surface area contributed by atoms with Gasteiger partial charge in [0.15, 0.2) is 0 Å². The van der Waals surface area contributed by atoms with E-state index in [4.69, 9.17) is 5.10 Å². The Balaban J connectivity index is 1.32. The largest absolute Gasteiger partial charge is 0.309 e. The van der Waals surface area contributed by atoms with Crippen LogP contribution in [0.15, 0.2) is 36.4 Å². The summed E-state index contributed by atoms with van der Waals surface area (Å²) in [7, 11) is 0. The highest BCUT2D eigenvalue weighted by atomic mass is 16.2. The highest BCUT2D eigenvalue weighted by Gasteiger charge is 2.42. The number of amides is 1. The summed E-state index contributed by atoms with van der Waals surface area (Å²) in [5, 5.41) is 20.4. The SMILES string of the molecule is CC1(c2cc(NC(=O)Cn3nnc(-c4ccccc4)n3)n(C3CCCCC3)n2)CC1. The lowest BCUT2D eigenvalue weighted by Crippen LogP contribution is -2.24. The number of benzene rings is 1. The van der Waals surface area contributed by atoms with Crippen molar-refractivity contribution in [2.24, 2.45) is 0 Å². The number of nitrogens with zero attached hydrogens (tertiary/aromatic N) is 6. The zero-order valence-electron chi connectivity index (χ0n) is 17.3. The van der Waals surface area contributed by atoms with E-state index in [2.05, 4.69) is 38.4 Å². The lowest BCUT2D eigenvalue weighted by Gasteiger charge is -2.24. The van der Waals surface area contributed by atoms with Gasteiger partial charge < -0.3 is 5.32 Å². The van der Waals surface area contributed by atoms with Crippen LogP contribution in [0.3, 0.4) is 0 Å². The van der Waals surface area contributed by atoms with Gasteiger partial charge >= 0.3 is 0 Å². The average Bonchev–Trinajstić information content (AvgIpc) is 3.16. The Hall–Kier alpha value is -3.03. The van der Waals surface area contributed by atoms with Crippen LogP contribution >= 0.6 is 0 Å². The summed E-state index contributed by atoms with van der Waals surface area (Å²) in [4.78, 5) is 14.1. The van der Waals surface area contributed by atoms with E-state index in [1.807, 2.05) is 30.3 Å². The Morgan fingerprint density at radius 2 is 1.90 bits per heavy atom. The first kappa shape index (κ1) is 19.0. The second-order valence-electron chi connectivity index (χ2n) is 8.77. The molecule has 1 aromatic carbocycles. The number of hydrogen-bond donors (Lipinski definition) is 1. The molecule has 2 saturated carbocycles. The van der Waals surface area contributed by atoms with E-state index in [1.165, 1.54) is 24.1 Å². The number of rotatable bonds is 6. The standard InChI is InChI=1S/C22H27N7O/c1-22(12-13-22)18-14-19(29(25-18)17-10-6-3-7-11-17)23-20(30)15-28-26-21(24-27-28)16-8-4-2-5-9-16/h2,4-5,8-9,14,17H,3,6-7,10-13,15H2,1H3,(H,23,30). The predicted molar refractivity (Wildman–Crippen MR) is 113 cm³/mol. The average molecular weight is 406 g/mol. The van der Waals surface area contributed by atoms with Gasteiger partial charge in [0.25, 0.3) is 0 Å². The van der Waals surface area contributed by atoms with Crippen LogP contribution in [0, 0.1) is 0 Å². The molecule has 0 radical (unpaired) electrons. The van der Waals surface area contributed by atoms with Crippen LogP contribution in [0.5, 0.6) is 0 Å². The first-order chi connectivity index (χ1) is 14.6. The van der Waals surface area contributed by atoms with Crippen molar-refractivity contribution in [3.8, 4) is 11.4 Å². The summed E-state index contributed by atoms with van der Waals surface area (Å²) in [5.41, 5.74) is 2.13. The van der Waals surface area contributed by atoms with Gasteiger partial charge in [-0.3, -0.25) is 4.79 Å². The Labute approximate surface area is 175 Å². The smallest absolute Gasteiger partial charge is 0.249 e. The van der Waals surface area contributed by atoms with Gasteiger partial charge in [0.1, 0.15) is 12.4 Å². The molecule has 0 spiro atoms. The summed E-state index contributed by atoms with van der Waals surface area (Å²) >= 11 is 0. The molecule has 1 amide bonds. The monoisotopic (exact) mass is 405 g/mol. The molecule has 2 fully saturated rings. The molecule has 0 unspecified atom stereocenters. The van der Waals surface area contributed by atoms with E-state index in [1.54, 1.807) is 0 Å². The number of anilines is 1. The van der Waals surface area contributed by atoms with Gasteiger partial charge in [-0.15, -0.1) is 10.2 Å². The Morgan fingerprint density at radius 1 is 1.13 bits per heavy atom. The van der Waals surface area contributed by atoms with Crippen molar-refractivity contribution in [3.63, 3.8) is 0 Å². The van der Waals surface area contributed by atoms with Crippen molar-refractivity contribution in [1.82, 2.24) is 30.0 Å². The lowest BCUT2D eigenvalue weighted by molar-refractivity contribution is -0.117. The lowest BCUT2D eigenvalue weighted by atomic mass is 9.96. The Morgan fingerprint density at radius 3 is 2.63 bits per heavy atom. The second-order valence-corrected chi connectivity index (χ2v) is 8.77. The fraction of sp³-hybridized carbons (Fsp3) is 0.500. The number of tetrazole rings is 1. The molecule has 5 rings (SSSR count). The van der Waals surface area contributed by atoms with Crippen molar-refractivity contribution >= 4 is 11.7 Å². The first-order valence-electron chi connectivity index (χ1n) is 10.8. The van der Waals surface area contributed by atoms with Crippen LogP contribution in [0.4, 0.5) is 5.82 Å². The van der Waals surface area contributed by atoms with E-state index in [9.17, 15) is 4.79 Å². The fourth-order valence-corrected chi connectivity index (χ4v) is 4.15. The van der Waals surface area contributed by atoms with Crippen LogP contribution in [0.1, 0.15) is 63.6 Å². The normalized spacial score (nSPS) is 18.3. The second kappa shape index (κ2) is 7.66. The molecular weight excluding hydrogens is 378 g/mol. The molecule has 0 saturated heterocycles. The van der Waals surface area contributed by atoms with E-state index >= 15 is 0 Å². The van der Waals surface area contributed by atoms with E-state index in [-0.39, 0.29) is 17.9 Å². The molecule has 30 heavy (non-hydrogen) atoms. The van der Waals surface area contributed by atoms with Gasteiger partial charge in [0.05, 0.1) is 11.7 Å². The molecule has 1 N–H and O–H groups in total. The van der Waals surface area contributed by atoms with Crippen LogP contribution in [0.25, 0.3) is 11.4 Å². The van der Waals surface area contributed by atoms with Crippen molar-refractivity contribution in [2.45, 2.75) is 69.9 Å². The summed E-state index contributed by atoms with van der Waals surface area (Å²) in [6.07, 6.45) is 8.27.